The lowest BCUT2D eigenvalue weighted by Gasteiger charge is -2.27. The summed E-state index contributed by atoms with van der Waals surface area (Å²) in [5.74, 6) is 0.469. The zero-order valence-electron chi connectivity index (χ0n) is 18.5. The van der Waals surface area contributed by atoms with E-state index in [4.69, 9.17) is 21.3 Å². The van der Waals surface area contributed by atoms with E-state index in [1.807, 2.05) is 24.0 Å². The number of ether oxygens (including phenoxy) is 1. The molecule has 0 bridgehead atoms. The van der Waals surface area contributed by atoms with Crippen LogP contribution in [0.5, 0.6) is 0 Å². The van der Waals surface area contributed by atoms with Crippen molar-refractivity contribution in [3.05, 3.63) is 52.5 Å². The van der Waals surface area contributed by atoms with Crippen molar-refractivity contribution in [2.24, 2.45) is 0 Å². The second kappa shape index (κ2) is 11.0. The quantitative estimate of drug-likeness (QED) is 0.396. The Morgan fingerprint density at radius 3 is 2.72 bits per heavy atom. The predicted molar refractivity (Wildman–Crippen MR) is 135 cm³/mol. The average Bonchev–Trinajstić information content (AvgIpc) is 3.21. The number of nitrogens with zero attached hydrogens (tertiary/aromatic N) is 3. The molecular weight excluding hydrogens is 462 g/mol. The summed E-state index contributed by atoms with van der Waals surface area (Å²) in [6, 6.07) is 12.1. The van der Waals surface area contributed by atoms with E-state index in [0.717, 1.165) is 65.1 Å². The van der Waals surface area contributed by atoms with Crippen molar-refractivity contribution in [1.29, 1.82) is 0 Å². The van der Waals surface area contributed by atoms with Gasteiger partial charge < -0.3 is 4.74 Å². The van der Waals surface area contributed by atoms with Crippen LogP contribution in [0, 0.1) is 13.8 Å². The summed E-state index contributed by atoms with van der Waals surface area (Å²) in [7, 11) is 0. The van der Waals surface area contributed by atoms with E-state index in [0.29, 0.717) is 17.3 Å². The summed E-state index contributed by atoms with van der Waals surface area (Å²) in [6.07, 6.45) is 0.899. The maximum absolute atomic E-state index is 13.3. The number of halogens is 1. The smallest absolute Gasteiger partial charge is 0.239 e. The Labute approximate surface area is 202 Å². The lowest BCUT2D eigenvalue weighted by atomic mass is 10.2. The minimum atomic E-state index is 0.0837. The molecule has 1 aromatic heterocycles. The number of benzene rings is 2. The molecule has 3 aromatic rings. The van der Waals surface area contributed by atoms with Crippen LogP contribution in [0.25, 0.3) is 10.2 Å². The zero-order valence-corrected chi connectivity index (χ0v) is 20.9. The molecule has 1 aliphatic rings. The van der Waals surface area contributed by atoms with Crippen LogP contribution in [0.1, 0.15) is 17.5 Å². The summed E-state index contributed by atoms with van der Waals surface area (Å²) in [5.41, 5.74) is 3.17. The molecule has 32 heavy (non-hydrogen) atoms. The zero-order chi connectivity index (χ0) is 22.5. The van der Waals surface area contributed by atoms with Gasteiger partial charge in [0, 0.05) is 36.1 Å². The molecule has 0 aliphatic carbocycles. The van der Waals surface area contributed by atoms with Crippen LogP contribution in [0.3, 0.4) is 0 Å². The minimum absolute atomic E-state index is 0.0837. The number of amides is 1. The number of aromatic nitrogens is 1. The minimum Gasteiger partial charge on any atom is -0.379 e. The Hall–Kier alpha value is -1.64. The van der Waals surface area contributed by atoms with E-state index >= 15 is 0 Å². The molecule has 0 atom stereocenters. The summed E-state index contributed by atoms with van der Waals surface area (Å²) in [4.78, 5) is 23.5. The summed E-state index contributed by atoms with van der Waals surface area (Å²) >= 11 is 9.36. The molecule has 170 valence electrons. The Morgan fingerprint density at radius 1 is 1.22 bits per heavy atom. The molecule has 1 saturated heterocycles. The maximum Gasteiger partial charge on any atom is 0.239 e. The molecule has 0 unspecified atom stereocenters. The molecule has 5 nitrogen and oxygen atoms in total. The number of thioether (sulfide) groups is 1. The van der Waals surface area contributed by atoms with Gasteiger partial charge in [-0.05, 0) is 50.1 Å². The van der Waals surface area contributed by atoms with Crippen LogP contribution >= 0.6 is 34.7 Å². The number of carbonyl (C=O) groups excluding carboxylic acids is 1. The van der Waals surface area contributed by atoms with Gasteiger partial charge in [-0.2, -0.15) is 0 Å². The van der Waals surface area contributed by atoms with Crippen molar-refractivity contribution in [3.63, 3.8) is 0 Å². The Kier molecular flexibility index (Phi) is 8.07. The fourth-order valence-electron chi connectivity index (χ4n) is 3.72. The first-order valence-corrected chi connectivity index (χ1v) is 13.0. The topological polar surface area (TPSA) is 45.7 Å². The van der Waals surface area contributed by atoms with Crippen LogP contribution in [0.2, 0.25) is 5.02 Å². The van der Waals surface area contributed by atoms with Crippen molar-refractivity contribution < 1.29 is 9.53 Å². The monoisotopic (exact) mass is 489 g/mol. The summed E-state index contributed by atoms with van der Waals surface area (Å²) < 4.78 is 6.46. The first-order valence-electron chi connectivity index (χ1n) is 10.9. The average molecular weight is 490 g/mol. The molecule has 8 heteroatoms. The number of carbonyl (C=O) groups is 1. The lowest BCUT2D eigenvalue weighted by Crippen LogP contribution is -2.39. The first kappa shape index (κ1) is 23.5. The van der Waals surface area contributed by atoms with Crippen LogP contribution in [-0.2, 0) is 9.53 Å². The third-order valence-corrected chi connectivity index (χ3v) is 7.75. The van der Waals surface area contributed by atoms with Crippen molar-refractivity contribution >= 4 is 56.0 Å². The number of thiazole rings is 1. The van der Waals surface area contributed by atoms with E-state index in [9.17, 15) is 4.79 Å². The van der Waals surface area contributed by atoms with E-state index < -0.39 is 0 Å². The third-order valence-electron chi connectivity index (χ3n) is 5.51. The van der Waals surface area contributed by atoms with Gasteiger partial charge in [0.05, 0.1) is 29.2 Å². The van der Waals surface area contributed by atoms with Crippen molar-refractivity contribution in [2.75, 3.05) is 50.0 Å². The molecule has 0 spiro atoms. The molecule has 0 radical (unpaired) electrons. The van der Waals surface area contributed by atoms with Crippen molar-refractivity contribution in [2.45, 2.75) is 25.2 Å². The summed E-state index contributed by atoms with van der Waals surface area (Å²) in [6.45, 7) is 9.16. The van der Waals surface area contributed by atoms with Gasteiger partial charge in [0.15, 0.2) is 5.13 Å². The first-order chi connectivity index (χ1) is 15.5. The number of hydrogen-bond acceptors (Lipinski definition) is 6. The molecule has 1 fully saturated rings. The van der Waals surface area contributed by atoms with Crippen LogP contribution in [0.4, 0.5) is 5.13 Å². The molecular formula is C24H28ClN3O2S2. The molecule has 4 rings (SSSR count). The molecule has 0 N–H and O–H groups in total. The number of morpholine rings is 1. The largest absolute Gasteiger partial charge is 0.379 e. The molecule has 2 aromatic carbocycles. The van der Waals surface area contributed by atoms with Gasteiger partial charge >= 0.3 is 0 Å². The van der Waals surface area contributed by atoms with E-state index in [1.165, 1.54) is 16.9 Å². The third kappa shape index (κ3) is 6.02. The second-order valence-corrected chi connectivity index (χ2v) is 10.5. The standard InChI is InChI=1S/C24H28ClN3O2S2/c1-17-4-6-20(7-5-17)31-16-22(29)28(9-3-8-27-10-12-30-13-11-27)24-26-23-18(2)14-19(25)15-21(23)32-24/h4-7,14-15H,3,8-13,16H2,1-2H3. The fourth-order valence-corrected chi connectivity index (χ4v) is 5.96. The van der Waals surface area contributed by atoms with Gasteiger partial charge in [-0.1, -0.05) is 40.6 Å². The van der Waals surface area contributed by atoms with Crippen molar-refractivity contribution in [3.8, 4) is 0 Å². The van der Waals surface area contributed by atoms with Gasteiger partial charge in [-0.3, -0.25) is 14.6 Å². The Bertz CT molecular complexity index is 1070. The van der Waals surface area contributed by atoms with Crippen molar-refractivity contribution in [1.82, 2.24) is 9.88 Å². The predicted octanol–water partition coefficient (Wildman–Crippen LogP) is 5.41. The molecule has 0 saturated carbocycles. The number of anilines is 1. The normalized spacial score (nSPS) is 14.7. The summed E-state index contributed by atoms with van der Waals surface area (Å²) in [5, 5.41) is 1.45. The SMILES string of the molecule is Cc1ccc(SCC(=O)N(CCCN2CCOCC2)c2nc3c(C)cc(Cl)cc3s2)cc1. The number of aryl methyl sites for hydroxylation is 2. The highest BCUT2D eigenvalue weighted by atomic mass is 35.5. The molecule has 1 amide bonds. The highest BCUT2D eigenvalue weighted by Crippen LogP contribution is 2.33. The van der Waals surface area contributed by atoms with Gasteiger partial charge in [-0.25, -0.2) is 4.98 Å². The molecule has 2 heterocycles. The number of hydrogen-bond donors (Lipinski definition) is 0. The van der Waals surface area contributed by atoms with Crippen LogP contribution < -0.4 is 4.90 Å². The maximum atomic E-state index is 13.3. The highest BCUT2D eigenvalue weighted by Gasteiger charge is 2.21. The number of rotatable bonds is 8. The lowest BCUT2D eigenvalue weighted by molar-refractivity contribution is -0.116. The second-order valence-electron chi connectivity index (χ2n) is 8.02. The van der Waals surface area contributed by atoms with E-state index in [2.05, 4.69) is 36.1 Å². The fraction of sp³-hybridized carbons (Fsp3) is 0.417. The van der Waals surface area contributed by atoms with Crippen LogP contribution in [0.15, 0.2) is 41.3 Å². The highest BCUT2D eigenvalue weighted by molar-refractivity contribution is 8.00. The van der Waals surface area contributed by atoms with E-state index in [-0.39, 0.29) is 5.91 Å². The van der Waals surface area contributed by atoms with E-state index in [1.54, 1.807) is 11.8 Å². The number of fused-ring (bicyclic) bond motifs is 1. The Morgan fingerprint density at radius 2 is 1.97 bits per heavy atom. The van der Waals surface area contributed by atoms with Gasteiger partial charge in [-0.15, -0.1) is 11.8 Å². The van der Waals surface area contributed by atoms with Gasteiger partial charge in [0.1, 0.15) is 0 Å². The van der Waals surface area contributed by atoms with Gasteiger partial charge in [0.25, 0.3) is 0 Å². The van der Waals surface area contributed by atoms with Crippen LogP contribution in [-0.4, -0.2) is 60.9 Å². The molecule has 1 aliphatic heterocycles. The van der Waals surface area contributed by atoms with Gasteiger partial charge in [0.2, 0.25) is 5.91 Å². The Balaban J connectivity index is 1.49.